The van der Waals surface area contributed by atoms with Crippen LogP contribution in [0.1, 0.15) is 45.2 Å². The Bertz CT molecular complexity index is 527. The molecule has 1 aromatic carbocycles. The molecule has 2 rings (SSSR count). The van der Waals surface area contributed by atoms with Crippen LogP contribution < -0.4 is 10.6 Å². The number of nitrogens with one attached hydrogen (secondary N) is 2. The maximum absolute atomic E-state index is 12.1. The highest BCUT2D eigenvalue weighted by atomic mass is 16.3. The number of aliphatic hydroxyl groups excluding tert-OH is 1. The molecule has 0 aliphatic heterocycles. The Kier molecular flexibility index (Phi) is 5.35. The number of amides is 2. The highest BCUT2D eigenvalue weighted by Crippen LogP contribution is 2.35. The second kappa shape index (κ2) is 6.91. The van der Waals surface area contributed by atoms with Crippen molar-refractivity contribution < 1.29 is 9.90 Å². The van der Waals surface area contributed by atoms with Gasteiger partial charge < -0.3 is 15.7 Å². The summed E-state index contributed by atoms with van der Waals surface area (Å²) in [6.07, 6.45) is 2.33. The zero-order chi connectivity index (χ0) is 17.1. The fourth-order valence-corrected chi connectivity index (χ4v) is 3.56. The second-order valence-corrected chi connectivity index (χ2v) is 8.19. The van der Waals surface area contributed by atoms with Crippen LogP contribution >= 0.6 is 0 Å². The van der Waals surface area contributed by atoms with E-state index in [1.165, 1.54) is 11.1 Å². The summed E-state index contributed by atoms with van der Waals surface area (Å²) in [6, 6.07) is 8.39. The number of hydrogen-bond acceptors (Lipinski definition) is 2. The van der Waals surface area contributed by atoms with Crippen LogP contribution in [-0.2, 0) is 12.8 Å². The predicted molar refractivity (Wildman–Crippen MR) is 93.4 cm³/mol. The van der Waals surface area contributed by atoms with Crippen LogP contribution in [0.4, 0.5) is 4.79 Å². The van der Waals surface area contributed by atoms with Crippen LogP contribution in [0.5, 0.6) is 0 Å². The summed E-state index contributed by atoms with van der Waals surface area (Å²) in [7, 11) is 0. The van der Waals surface area contributed by atoms with E-state index < -0.39 is 0 Å². The molecule has 1 aliphatic rings. The van der Waals surface area contributed by atoms with Gasteiger partial charge in [-0.1, -0.05) is 45.0 Å². The Morgan fingerprint density at radius 3 is 2.35 bits per heavy atom. The number of hydrogen-bond donors (Lipinski definition) is 3. The molecule has 4 heteroatoms. The van der Waals surface area contributed by atoms with Gasteiger partial charge in [0.25, 0.3) is 0 Å². The number of fused-ring (bicyclic) bond motifs is 1. The first-order valence-corrected chi connectivity index (χ1v) is 8.46. The zero-order valence-electron chi connectivity index (χ0n) is 14.8. The van der Waals surface area contributed by atoms with Crippen molar-refractivity contribution in [1.29, 1.82) is 0 Å². The lowest BCUT2D eigenvalue weighted by molar-refractivity contribution is 0.128. The summed E-state index contributed by atoms with van der Waals surface area (Å²) in [4.78, 5) is 12.1. The van der Waals surface area contributed by atoms with Gasteiger partial charge in [-0.15, -0.1) is 0 Å². The van der Waals surface area contributed by atoms with E-state index in [9.17, 15) is 9.90 Å². The Hall–Kier alpha value is -1.55. The Balaban J connectivity index is 1.77. The summed E-state index contributed by atoms with van der Waals surface area (Å²) in [5.74, 6) is 0. The monoisotopic (exact) mass is 318 g/mol. The second-order valence-electron chi connectivity index (χ2n) is 8.19. The smallest absolute Gasteiger partial charge is 0.314 e. The molecule has 0 bridgehead atoms. The van der Waals surface area contributed by atoms with Gasteiger partial charge >= 0.3 is 6.03 Å². The molecular weight excluding hydrogens is 288 g/mol. The summed E-state index contributed by atoms with van der Waals surface area (Å²) < 4.78 is 0. The van der Waals surface area contributed by atoms with Crippen molar-refractivity contribution >= 4 is 6.03 Å². The minimum absolute atomic E-state index is 0.0934. The Morgan fingerprint density at radius 2 is 1.83 bits per heavy atom. The molecule has 2 amide bonds. The third-order valence-corrected chi connectivity index (χ3v) is 4.60. The van der Waals surface area contributed by atoms with Gasteiger partial charge in [0, 0.05) is 13.1 Å². The number of urea groups is 1. The van der Waals surface area contributed by atoms with Gasteiger partial charge in [0.15, 0.2) is 0 Å². The molecule has 1 aliphatic carbocycles. The zero-order valence-corrected chi connectivity index (χ0v) is 14.8. The van der Waals surface area contributed by atoms with E-state index in [-0.39, 0.29) is 23.0 Å². The van der Waals surface area contributed by atoms with Crippen molar-refractivity contribution in [2.45, 2.75) is 53.1 Å². The lowest BCUT2D eigenvalue weighted by Crippen LogP contribution is -2.45. The molecule has 0 heterocycles. The molecule has 128 valence electrons. The van der Waals surface area contributed by atoms with Crippen molar-refractivity contribution in [2.75, 3.05) is 13.1 Å². The molecule has 1 unspecified atom stereocenters. The number of carbonyl (C=O) groups is 1. The van der Waals surface area contributed by atoms with Crippen molar-refractivity contribution in [3.63, 3.8) is 0 Å². The van der Waals surface area contributed by atoms with Gasteiger partial charge in [-0.2, -0.15) is 0 Å². The summed E-state index contributed by atoms with van der Waals surface area (Å²) in [5.41, 5.74) is 2.78. The molecule has 0 radical (unpaired) electrons. The molecule has 0 fully saturated rings. The lowest BCUT2D eigenvalue weighted by Gasteiger charge is -2.28. The minimum atomic E-state index is -0.356. The average molecular weight is 318 g/mol. The maximum atomic E-state index is 12.1. The topological polar surface area (TPSA) is 61.4 Å². The Morgan fingerprint density at radius 1 is 1.26 bits per heavy atom. The maximum Gasteiger partial charge on any atom is 0.314 e. The van der Waals surface area contributed by atoms with Gasteiger partial charge in [0.2, 0.25) is 0 Å². The number of rotatable bonds is 6. The van der Waals surface area contributed by atoms with Crippen LogP contribution in [0, 0.1) is 10.8 Å². The van der Waals surface area contributed by atoms with E-state index in [1.54, 1.807) is 6.92 Å². The normalized spacial score (nSPS) is 17.4. The molecule has 23 heavy (non-hydrogen) atoms. The number of carbonyl (C=O) groups excluding carboxylic acids is 1. The van der Waals surface area contributed by atoms with Crippen molar-refractivity contribution in [1.82, 2.24) is 10.6 Å². The van der Waals surface area contributed by atoms with Gasteiger partial charge in [-0.05, 0) is 48.1 Å². The Labute approximate surface area is 139 Å². The fraction of sp³-hybridized carbons (Fsp3) is 0.632. The van der Waals surface area contributed by atoms with E-state index in [0.29, 0.717) is 19.5 Å². The summed E-state index contributed by atoms with van der Waals surface area (Å²) >= 11 is 0. The molecule has 1 aromatic rings. The standard InChI is InChI=1S/C19H30N2O2/c1-14(22)9-18(2,3)12-20-17(23)21-13-19(4)10-15-7-5-6-8-16(15)11-19/h5-8,14,22H,9-13H2,1-4H3,(H2,20,21,23). The van der Waals surface area contributed by atoms with E-state index in [0.717, 1.165) is 12.8 Å². The van der Waals surface area contributed by atoms with Crippen molar-refractivity contribution in [3.05, 3.63) is 35.4 Å². The van der Waals surface area contributed by atoms with Gasteiger partial charge in [0.1, 0.15) is 0 Å². The van der Waals surface area contributed by atoms with E-state index in [1.807, 2.05) is 0 Å². The van der Waals surface area contributed by atoms with Gasteiger partial charge in [0.05, 0.1) is 6.10 Å². The van der Waals surface area contributed by atoms with Crippen LogP contribution in [0.15, 0.2) is 24.3 Å². The third-order valence-electron chi connectivity index (χ3n) is 4.60. The first kappa shape index (κ1) is 17.8. The fourth-order valence-electron chi connectivity index (χ4n) is 3.56. The van der Waals surface area contributed by atoms with Crippen LogP contribution in [0.2, 0.25) is 0 Å². The molecule has 0 saturated carbocycles. The summed E-state index contributed by atoms with van der Waals surface area (Å²) in [5, 5.41) is 15.4. The van der Waals surface area contributed by atoms with Crippen molar-refractivity contribution in [2.24, 2.45) is 10.8 Å². The van der Waals surface area contributed by atoms with Gasteiger partial charge in [-0.25, -0.2) is 4.79 Å². The average Bonchev–Trinajstić information content (AvgIpc) is 2.78. The minimum Gasteiger partial charge on any atom is -0.393 e. The first-order valence-electron chi connectivity index (χ1n) is 8.46. The molecule has 1 atom stereocenters. The molecule has 0 aromatic heterocycles. The molecule has 3 N–H and O–H groups in total. The van der Waals surface area contributed by atoms with E-state index in [4.69, 9.17) is 0 Å². The van der Waals surface area contributed by atoms with Gasteiger partial charge in [-0.3, -0.25) is 0 Å². The third kappa shape index (κ3) is 5.24. The highest BCUT2D eigenvalue weighted by molar-refractivity contribution is 5.73. The summed E-state index contributed by atoms with van der Waals surface area (Å²) in [6.45, 7) is 9.33. The van der Waals surface area contributed by atoms with Crippen LogP contribution in [0.3, 0.4) is 0 Å². The van der Waals surface area contributed by atoms with Crippen LogP contribution in [-0.4, -0.2) is 30.3 Å². The number of aliphatic hydroxyl groups is 1. The number of benzene rings is 1. The molecule has 0 spiro atoms. The molecule has 0 saturated heterocycles. The van der Waals surface area contributed by atoms with Crippen LogP contribution in [0.25, 0.3) is 0 Å². The predicted octanol–water partition coefficient (Wildman–Crippen LogP) is 2.89. The lowest BCUT2D eigenvalue weighted by atomic mass is 9.87. The molecule has 4 nitrogen and oxygen atoms in total. The highest BCUT2D eigenvalue weighted by Gasteiger charge is 2.33. The first-order chi connectivity index (χ1) is 10.7. The van der Waals surface area contributed by atoms with E-state index >= 15 is 0 Å². The molecular formula is C19H30N2O2. The van der Waals surface area contributed by atoms with Crippen molar-refractivity contribution in [3.8, 4) is 0 Å². The van der Waals surface area contributed by atoms with E-state index in [2.05, 4.69) is 55.7 Å². The SMILES string of the molecule is CC(O)CC(C)(C)CNC(=O)NCC1(C)Cc2ccccc2C1. The quantitative estimate of drug-likeness (QED) is 0.755. The largest absolute Gasteiger partial charge is 0.393 e.